The SMILES string of the molecule is CCOC(=O)/C=c1\s/c(=C\c2ccsc2)c(=O)n1CC(=O)c1cc(C)n(Cc2ccco2)c1C. The number of aryl methyl sites for hydroxylation is 1. The van der Waals surface area contributed by atoms with Crippen LogP contribution in [0.2, 0.25) is 0 Å². The number of rotatable bonds is 8. The number of thiazole rings is 1. The van der Waals surface area contributed by atoms with Crippen LogP contribution in [-0.4, -0.2) is 27.5 Å². The van der Waals surface area contributed by atoms with E-state index in [-0.39, 0.29) is 24.5 Å². The monoisotopic (exact) mass is 496 g/mol. The molecule has 0 saturated heterocycles. The van der Waals surface area contributed by atoms with Crippen molar-refractivity contribution in [3.05, 3.63) is 89.1 Å². The van der Waals surface area contributed by atoms with Gasteiger partial charge < -0.3 is 13.7 Å². The van der Waals surface area contributed by atoms with Crippen LogP contribution in [0, 0.1) is 13.8 Å². The lowest BCUT2D eigenvalue weighted by atomic mass is 10.1. The third-order valence-corrected chi connectivity index (χ3v) is 7.14. The van der Waals surface area contributed by atoms with Gasteiger partial charge in [0.2, 0.25) is 0 Å². The Morgan fingerprint density at radius 1 is 1.21 bits per heavy atom. The molecule has 4 rings (SSSR count). The predicted octanol–water partition coefficient (Wildman–Crippen LogP) is 3.09. The minimum Gasteiger partial charge on any atom is -0.467 e. The quantitative estimate of drug-likeness (QED) is 0.277. The first-order valence-electron chi connectivity index (χ1n) is 10.7. The Morgan fingerprint density at radius 3 is 2.71 bits per heavy atom. The maximum atomic E-state index is 13.3. The molecule has 0 aliphatic heterocycles. The molecular weight excluding hydrogens is 472 g/mol. The van der Waals surface area contributed by atoms with Crippen LogP contribution in [0.1, 0.15) is 40.0 Å². The number of ether oxygens (including phenoxy) is 1. The fourth-order valence-corrected chi connectivity index (χ4v) is 5.35. The van der Waals surface area contributed by atoms with Crippen molar-refractivity contribution < 1.29 is 18.7 Å². The molecule has 7 nitrogen and oxygen atoms in total. The molecular formula is C25H24N2O5S2. The molecule has 0 spiro atoms. The fourth-order valence-electron chi connectivity index (χ4n) is 3.70. The van der Waals surface area contributed by atoms with Crippen LogP contribution in [0.3, 0.4) is 0 Å². The van der Waals surface area contributed by atoms with Crippen LogP contribution >= 0.6 is 22.7 Å². The van der Waals surface area contributed by atoms with E-state index >= 15 is 0 Å². The summed E-state index contributed by atoms with van der Waals surface area (Å²) < 4.78 is 14.6. The van der Waals surface area contributed by atoms with Gasteiger partial charge in [-0.25, -0.2) is 4.79 Å². The van der Waals surface area contributed by atoms with Gasteiger partial charge in [-0.05, 0) is 67.4 Å². The molecule has 0 amide bonds. The van der Waals surface area contributed by atoms with Gasteiger partial charge in [0.15, 0.2) is 5.78 Å². The molecule has 0 fully saturated rings. The highest BCUT2D eigenvalue weighted by atomic mass is 32.1. The summed E-state index contributed by atoms with van der Waals surface area (Å²) in [6.07, 6.45) is 4.65. The molecule has 0 unspecified atom stereocenters. The van der Waals surface area contributed by atoms with Gasteiger partial charge >= 0.3 is 5.97 Å². The lowest BCUT2D eigenvalue weighted by Crippen LogP contribution is -2.34. The summed E-state index contributed by atoms with van der Waals surface area (Å²) in [5, 5.41) is 3.85. The Morgan fingerprint density at radius 2 is 2.03 bits per heavy atom. The van der Waals surface area contributed by atoms with Gasteiger partial charge in [-0.15, -0.1) is 11.3 Å². The summed E-state index contributed by atoms with van der Waals surface area (Å²) in [6, 6.07) is 7.44. The van der Waals surface area contributed by atoms with Gasteiger partial charge in [-0.3, -0.25) is 14.2 Å². The number of hydrogen-bond acceptors (Lipinski definition) is 7. The summed E-state index contributed by atoms with van der Waals surface area (Å²) in [4.78, 5) is 38.6. The Hall–Kier alpha value is -3.43. The highest BCUT2D eigenvalue weighted by Gasteiger charge is 2.19. The van der Waals surface area contributed by atoms with Crippen LogP contribution in [0.5, 0.6) is 0 Å². The van der Waals surface area contributed by atoms with Crippen molar-refractivity contribution in [2.45, 2.75) is 33.9 Å². The highest BCUT2D eigenvalue weighted by Crippen LogP contribution is 2.18. The molecule has 9 heteroatoms. The maximum absolute atomic E-state index is 13.3. The molecule has 34 heavy (non-hydrogen) atoms. The zero-order valence-corrected chi connectivity index (χ0v) is 20.7. The molecule has 4 aromatic rings. The van der Waals surface area contributed by atoms with E-state index in [9.17, 15) is 14.4 Å². The Balaban J connectivity index is 1.72. The number of furan rings is 1. The molecule has 0 aliphatic rings. The zero-order chi connectivity index (χ0) is 24.2. The van der Waals surface area contributed by atoms with E-state index in [1.807, 2.05) is 53.4 Å². The van der Waals surface area contributed by atoms with Crippen LogP contribution in [-0.2, 0) is 22.6 Å². The van der Waals surface area contributed by atoms with Crippen molar-refractivity contribution in [3.8, 4) is 0 Å². The number of thiophene rings is 1. The maximum Gasteiger partial charge on any atom is 0.333 e. The summed E-state index contributed by atoms with van der Waals surface area (Å²) in [5.41, 5.74) is 2.82. The number of aromatic nitrogens is 2. The largest absolute Gasteiger partial charge is 0.467 e. The number of ketones is 1. The van der Waals surface area contributed by atoms with Gasteiger partial charge in [0, 0.05) is 17.0 Å². The molecule has 176 valence electrons. The summed E-state index contributed by atoms with van der Waals surface area (Å²) in [7, 11) is 0. The predicted molar refractivity (Wildman–Crippen MR) is 133 cm³/mol. The molecule has 0 aliphatic carbocycles. The van der Waals surface area contributed by atoms with E-state index in [0.717, 1.165) is 34.0 Å². The molecule has 0 radical (unpaired) electrons. The van der Waals surface area contributed by atoms with Gasteiger partial charge in [0.1, 0.15) is 10.4 Å². The smallest absolute Gasteiger partial charge is 0.333 e. The van der Waals surface area contributed by atoms with Crippen molar-refractivity contribution in [2.24, 2.45) is 0 Å². The van der Waals surface area contributed by atoms with Crippen molar-refractivity contribution in [1.82, 2.24) is 9.13 Å². The summed E-state index contributed by atoms with van der Waals surface area (Å²) >= 11 is 2.69. The topological polar surface area (TPSA) is 83.4 Å². The standard InChI is InChI=1S/C25H24N2O5S2/c1-4-31-24(29)12-23-27(25(30)22(34-23)11-18-7-9-33-15-18)14-21(28)20-10-16(2)26(17(20)3)13-19-6-5-8-32-19/h5-12,15H,4,13-14H2,1-3H3/b22-11-,23-12-. The van der Waals surface area contributed by atoms with E-state index < -0.39 is 5.97 Å². The average Bonchev–Trinajstić information content (AvgIpc) is 3.59. The Labute approximate surface area is 203 Å². The van der Waals surface area contributed by atoms with Crippen LogP contribution in [0.25, 0.3) is 12.2 Å². The lowest BCUT2D eigenvalue weighted by Gasteiger charge is -2.08. The molecule has 0 N–H and O–H groups in total. The molecule has 0 atom stereocenters. The third-order valence-electron chi connectivity index (χ3n) is 5.38. The second-order valence-corrected chi connectivity index (χ2v) is 9.51. The summed E-state index contributed by atoms with van der Waals surface area (Å²) in [5.74, 6) is 0.0257. The minimum atomic E-state index is -0.552. The average molecular weight is 497 g/mol. The van der Waals surface area contributed by atoms with Crippen molar-refractivity contribution in [3.63, 3.8) is 0 Å². The van der Waals surface area contributed by atoms with E-state index in [1.165, 1.54) is 22.0 Å². The van der Waals surface area contributed by atoms with Gasteiger partial charge in [-0.1, -0.05) is 0 Å². The lowest BCUT2D eigenvalue weighted by molar-refractivity contribution is -0.135. The van der Waals surface area contributed by atoms with Crippen LogP contribution in [0.15, 0.2) is 50.5 Å². The minimum absolute atomic E-state index is 0.177. The number of hydrogen-bond donors (Lipinski definition) is 0. The normalized spacial score (nSPS) is 12.4. The number of esters is 1. The zero-order valence-electron chi connectivity index (χ0n) is 19.1. The van der Waals surface area contributed by atoms with Crippen LogP contribution < -0.4 is 14.8 Å². The number of carbonyl (C=O) groups excluding carboxylic acids is 2. The Bertz CT molecular complexity index is 1490. The van der Waals surface area contributed by atoms with E-state index in [4.69, 9.17) is 9.15 Å². The molecule has 4 heterocycles. The van der Waals surface area contributed by atoms with Gasteiger partial charge in [0.25, 0.3) is 5.56 Å². The first-order valence-corrected chi connectivity index (χ1v) is 12.5. The molecule has 0 bridgehead atoms. The molecule has 4 aromatic heterocycles. The second-order valence-electron chi connectivity index (χ2n) is 7.67. The van der Waals surface area contributed by atoms with Crippen molar-refractivity contribution in [1.29, 1.82) is 0 Å². The molecule has 0 saturated carbocycles. The third kappa shape index (κ3) is 5.05. The van der Waals surface area contributed by atoms with Crippen molar-refractivity contribution >= 4 is 46.6 Å². The number of nitrogens with zero attached hydrogens (tertiary/aromatic N) is 2. The number of Topliss-reactive ketones (excluding diaryl/α,β-unsaturated/α-hetero) is 1. The Kier molecular flexibility index (Phi) is 7.14. The van der Waals surface area contributed by atoms with Crippen molar-refractivity contribution in [2.75, 3.05) is 6.61 Å². The summed E-state index contributed by atoms with van der Waals surface area (Å²) in [6.45, 7) is 6.07. The van der Waals surface area contributed by atoms with Gasteiger partial charge in [-0.2, -0.15) is 11.3 Å². The van der Waals surface area contributed by atoms with Crippen LogP contribution in [0.4, 0.5) is 0 Å². The van der Waals surface area contributed by atoms with E-state index in [1.54, 1.807) is 19.3 Å². The van der Waals surface area contributed by atoms with E-state index in [0.29, 0.717) is 21.3 Å². The fraction of sp³-hybridized carbons (Fsp3) is 0.240. The highest BCUT2D eigenvalue weighted by molar-refractivity contribution is 7.08. The second kappa shape index (κ2) is 10.2. The van der Waals surface area contributed by atoms with E-state index in [2.05, 4.69) is 0 Å². The first kappa shape index (κ1) is 23.7. The molecule has 0 aromatic carbocycles. The number of carbonyl (C=O) groups is 2. The van der Waals surface area contributed by atoms with Gasteiger partial charge in [0.05, 0.1) is 36.6 Å². The first-order chi connectivity index (χ1) is 16.4.